The summed E-state index contributed by atoms with van der Waals surface area (Å²) in [7, 11) is 1.33. The lowest BCUT2D eigenvalue weighted by atomic mass is 9.86. The molecule has 1 rings (SSSR count). The van der Waals surface area contributed by atoms with Crippen molar-refractivity contribution in [3.05, 3.63) is 0 Å². The van der Waals surface area contributed by atoms with Crippen molar-refractivity contribution in [1.82, 2.24) is 4.90 Å². The van der Waals surface area contributed by atoms with Gasteiger partial charge in [-0.05, 0) is 27.2 Å². The number of rotatable bonds is 2. The maximum absolute atomic E-state index is 11.9. The van der Waals surface area contributed by atoms with E-state index < -0.39 is 11.7 Å². The Morgan fingerprint density at radius 1 is 1.37 bits per heavy atom. The third-order valence-corrected chi connectivity index (χ3v) is 3.12. The molecule has 0 aromatic heterocycles. The number of carbonyl (C=O) groups excluding carboxylic acids is 2. The fraction of sp³-hybridized carbons (Fsp3) is 0.846. The molecule has 1 N–H and O–H groups in total. The third kappa shape index (κ3) is 4.38. The Morgan fingerprint density at radius 2 is 2.00 bits per heavy atom. The number of aliphatic hydroxyl groups excluding tert-OH is 1. The summed E-state index contributed by atoms with van der Waals surface area (Å²) in [5.74, 6) is -0.981. The van der Waals surface area contributed by atoms with Gasteiger partial charge in [-0.25, -0.2) is 4.79 Å². The first-order valence-corrected chi connectivity index (χ1v) is 6.45. The molecule has 0 aliphatic carbocycles. The Bertz CT molecular complexity index is 336. The van der Waals surface area contributed by atoms with E-state index in [2.05, 4.69) is 0 Å². The van der Waals surface area contributed by atoms with Crippen molar-refractivity contribution in [3.8, 4) is 0 Å². The van der Waals surface area contributed by atoms with E-state index in [1.807, 2.05) is 0 Å². The number of aliphatic hydroxyl groups is 1. The average molecular weight is 273 g/mol. The Balaban J connectivity index is 2.64. The maximum Gasteiger partial charge on any atom is 0.410 e. The van der Waals surface area contributed by atoms with Gasteiger partial charge in [-0.2, -0.15) is 0 Å². The van der Waals surface area contributed by atoms with Crippen LogP contribution in [0.4, 0.5) is 4.79 Å². The van der Waals surface area contributed by atoms with Crippen LogP contribution in [0.25, 0.3) is 0 Å². The normalized spacial score (nSPS) is 23.9. The molecule has 6 nitrogen and oxygen atoms in total. The molecular formula is C13H23NO5. The zero-order valence-electron chi connectivity index (χ0n) is 12.0. The molecule has 0 unspecified atom stereocenters. The van der Waals surface area contributed by atoms with Crippen LogP contribution in [-0.2, 0) is 14.3 Å². The van der Waals surface area contributed by atoms with Gasteiger partial charge in [0, 0.05) is 25.6 Å². The van der Waals surface area contributed by atoms with Crippen LogP contribution in [0.3, 0.4) is 0 Å². The highest BCUT2D eigenvalue weighted by atomic mass is 16.6. The zero-order valence-corrected chi connectivity index (χ0v) is 12.0. The van der Waals surface area contributed by atoms with Gasteiger partial charge < -0.3 is 19.5 Å². The Morgan fingerprint density at radius 3 is 2.47 bits per heavy atom. The molecular weight excluding hydrogens is 250 g/mol. The number of carbonyl (C=O) groups is 2. The lowest BCUT2D eigenvalue weighted by Crippen LogP contribution is -2.48. The fourth-order valence-electron chi connectivity index (χ4n) is 2.17. The number of piperidine rings is 1. The molecule has 0 aromatic rings. The van der Waals surface area contributed by atoms with Crippen molar-refractivity contribution in [2.45, 2.75) is 32.8 Å². The molecule has 110 valence electrons. The van der Waals surface area contributed by atoms with Crippen LogP contribution < -0.4 is 0 Å². The zero-order chi connectivity index (χ0) is 14.6. The van der Waals surface area contributed by atoms with Crippen LogP contribution in [0.5, 0.6) is 0 Å². The van der Waals surface area contributed by atoms with Crippen LogP contribution in [0.2, 0.25) is 0 Å². The topological polar surface area (TPSA) is 76.1 Å². The van der Waals surface area contributed by atoms with Crippen LogP contribution in [-0.4, -0.2) is 54.5 Å². The van der Waals surface area contributed by atoms with Gasteiger partial charge in [0.25, 0.3) is 0 Å². The molecule has 0 radical (unpaired) electrons. The van der Waals surface area contributed by atoms with Gasteiger partial charge in [0.2, 0.25) is 0 Å². The minimum Gasteiger partial charge on any atom is -0.469 e. The van der Waals surface area contributed by atoms with Crippen LogP contribution in [0, 0.1) is 11.8 Å². The number of amides is 1. The molecule has 0 bridgehead atoms. The molecule has 2 atom stereocenters. The van der Waals surface area contributed by atoms with Gasteiger partial charge in [-0.3, -0.25) is 4.79 Å². The average Bonchev–Trinajstić information content (AvgIpc) is 2.35. The molecule has 0 saturated carbocycles. The van der Waals surface area contributed by atoms with Gasteiger partial charge in [0.1, 0.15) is 5.60 Å². The van der Waals surface area contributed by atoms with Crippen molar-refractivity contribution < 1.29 is 24.2 Å². The van der Waals surface area contributed by atoms with Gasteiger partial charge in [-0.15, -0.1) is 0 Å². The Kier molecular flexibility index (Phi) is 5.17. The Labute approximate surface area is 113 Å². The standard InChI is InChI=1S/C13H23NO5/c1-13(2,3)19-12(17)14-6-5-10(11(16)18-4)9(7-14)8-15/h9-10,15H,5-8H2,1-4H3/t9-,10-/m1/s1. The van der Waals surface area contributed by atoms with Crippen LogP contribution in [0.15, 0.2) is 0 Å². The first kappa shape index (κ1) is 15.8. The number of hydrogen-bond acceptors (Lipinski definition) is 5. The van der Waals surface area contributed by atoms with E-state index in [0.29, 0.717) is 19.5 Å². The van der Waals surface area contributed by atoms with Crippen LogP contribution in [0.1, 0.15) is 27.2 Å². The summed E-state index contributed by atoms with van der Waals surface area (Å²) >= 11 is 0. The van der Waals surface area contributed by atoms with E-state index in [0.717, 1.165) is 0 Å². The highest BCUT2D eigenvalue weighted by Crippen LogP contribution is 2.25. The molecule has 1 heterocycles. The van der Waals surface area contributed by atoms with E-state index in [1.54, 1.807) is 20.8 Å². The van der Waals surface area contributed by atoms with Gasteiger partial charge >= 0.3 is 12.1 Å². The van der Waals surface area contributed by atoms with Crippen molar-refractivity contribution in [2.24, 2.45) is 11.8 Å². The first-order valence-electron chi connectivity index (χ1n) is 6.45. The number of methoxy groups -OCH3 is 1. The largest absolute Gasteiger partial charge is 0.469 e. The number of esters is 1. The molecule has 1 saturated heterocycles. The second-order valence-corrected chi connectivity index (χ2v) is 5.79. The van der Waals surface area contributed by atoms with Gasteiger partial charge in [0.05, 0.1) is 13.0 Å². The van der Waals surface area contributed by atoms with E-state index in [-0.39, 0.29) is 24.4 Å². The predicted octanol–water partition coefficient (Wildman–Crippen LogP) is 1.02. The number of nitrogens with zero attached hydrogens (tertiary/aromatic N) is 1. The smallest absolute Gasteiger partial charge is 0.410 e. The summed E-state index contributed by atoms with van der Waals surface area (Å²) in [5.41, 5.74) is -0.551. The summed E-state index contributed by atoms with van der Waals surface area (Å²) in [4.78, 5) is 25.0. The Hall–Kier alpha value is -1.30. The second kappa shape index (κ2) is 6.23. The minimum atomic E-state index is -0.551. The molecule has 1 aliphatic heterocycles. The van der Waals surface area contributed by atoms with Crippen LogP contribution >= 0.6 is 0 Å². The quantitative estimate of drug-likeness (QED) is 0.760. The number of likely N-dealkylation sites (tertiary alicyclic amines) is 1. The first-order chi connectivity index (χ1) is 8.78. The molecule has 19 heavy (non-hydrogen) atoms. The van der Waals surface area contributed by atoms with Crippen molar-refractivity contribution in [3.63, 3.8) is 0 Å². The molecule has 1 amide bonds. The summed E-state index contributed by atoms with van der Waals surface area (Å²) in [5, 5.41) is 9.35. The van der Waals surface area contributed by atoms with E-state index in [9.17, 15) is 14.7 Å². The maximum atomic E-state index is 11.9. The summed E-state index contributed by atoms with van der Waals surface area (Å²) in [6, 6.07) is 0. The van der Waals surface area contributed by atoms with Crippen molar-refractivity contribution in [1.29, 1.82) is 0 Å². The summed E-state index contributed by atoms with van der Waals surface area (Å²) in [6.45, 7) is 6.00. The molecule has 1 fully saturated rings. The van der Waals surface area contributed by atoms with Gasteiger partial charge in [-0.1, -0.05) is 0 Å². The lowest BCUT2D eigenvalue weighted by Gasteiger charge is -2.37. The second-order valence-electron chi connectivity index (χ2n) is 5.79. The van der Waals surface area contributed by atoms with E-state index in [1.165, 1.54) is 12.0 Å². The predicted molar refractivity (Wildman–Crippen MR) is 68.5 cm³/mol. The highest BCUT2D eigenvalue weighted by molar-refractivity contribution is 5.74. The molecule has 0 spiro atoms. The highest BCUT2D eigenvalue weighted by Gasteiger charge is 2.37. The monoisotopic (exact) mass is 273 g/mol. The van der Waals surface area contributed by atoms with Gasteiger partial charge in [0.15, 0.2) is 0 Å². The summed E-state index contributed by atoms with van der Waals surface area (Å²) < 4.78 is 9.99. The third-order valence-electron chi connectivity index (χ3n) is 3.12. The van der Waals surface area contributed by atoms with Crippen molar-refractivity contribution in [2.75, 3.05) is 26.8 Å². The van der Waals surface area contributed by atoms with E-state index in [4.69, 9.17) is 9.47 Å². The molecule has 6 heteroatoms. The summed E-state index contributed by atoms with van der Waals surface area (Å²) in [6.07, 6.45) is 0.0752. The number of hydrogen-bond donors (Lipinski definition) is 1. The molecule has 0 aromatic carbocycles. The lowest BCUT2D eigenvalue weighted by molar-refractivity contribution is -0.150. The fourth-order valence-corrected chi connectivity index (χ4v) is 2.17. The van der Waals surface area contributed by atoms with Crippen molar-refractivity contribution >= 4 is 12.1 Å². The minimum absolute atomic E-state index is 0.154. The number of ether oxygens (including phenoxy) is 2. The molecule has 1 aliphatic rings. The SMILES string of the molecule is COC(=O)[C@@H]1CCN(C(=O)OC(C)(C)C)C[C@@H]1CO. The van der Waals surface area contributed by atoms with E-state index >= 15 is 0 Å².